The number of carbonyl (C=O) groups is 4. The molecule has 8 heteroatoms. The van der Waals surface area contributed by atoms with Gasteiger partial charge in [0.2, 0.25) is 0 Å². The number of amides is 1. The largest absolute Gasteiger partial charge is 0.491 e. The smallest absolute Gasteiger partial charge is 0.252 e. The number of hydrogen-bond donors (Lipinski definition) is 1. The Kier molecular flexibility index (Phi) is 8.67. The van der Waals surface area contributed by atoms with Gasteiger partial charge < -0.3 is 15.4 Å². The van der Waals surface area contributed by atoms with Crippen LogP contribution in [-0.2, 0) is 23.9 Å². The maximum atomic E-state index is 13.8. The van der Waals surface area contributed by atoms with E-state index >= 15 is 0 Å². The molecular weight excluding hydrogens is 542 g/mol. The van der Waals surface area contributed by atoms with E-state index in [1.165, 1.54) is 28.2 Å². The van der Waals surface area contributed by atoms with E-state index in [-0.39, 0.29) is 70.6 Å². The van der Waals surface area contributed by atoms with Crippen LogP contribution in [0.15, 0.2) is 88.6 Å². The lowest BCUT2D eigenvalue weighted by Gasteiger charge is -2.28. The molecule has 2 N–H and O–H groups in total. The van der Waals surface area contributed by atoms with Gasteiger partial charge in [-0.1, -0.05) is 36.5 Å². The van der Waals surface area contributed by atoms with E-state index in [9.17, 15) is 19.2 Å². The molecule has 8 nitrogen and oxygen atoms in total. The molecule has 5 rings (SSSR count). The molecule has 43 heavy (non-hydrogen) atoms. The number of aldehydes is 1. The van der Waals surface area contributed by atoms with Crippen molar-refractivity contribution in [3.8, 4) is 0 Å². The molecule has 3 aliphatic carbocycles. The molecular formula is C35H41N3O5. The highest BCUT2D eigenvalue weighted by atomic mass is 16.5. The van der Waals surface area contributed by atoms with Gasteiger partial charge in [0.15, 0.2) is 11.6 Å². The fraction of sp³-hybridized carbons (Fsp3) is 0.457. The summed E-state index contributed by atoms with van der Waals surface area (Å²) in [5, 5.41) is 0. The Balaban J connectivity index is 1.36. The lowest BCUT2D eigenvalue weighted by molar-refractivity contribution is -0.118. The van der Waals surface area contributed by atoms with Crippen LogP contribution in [0.1, 0.15) is 64.7 Å². The fourth-order valence-corrected chi connectivity index (χ4v) is 7.19. The van der Waals surface area contributed by atoms with Gasteiger partial charge in [-0.15, -0.1) is 6.58 Å². The maximum absolute atomic E-state index is 13.8. The minimum absolute atomic E-state index is 0.0368. The quantitative estimate of drug-likeness (QED) is 0.192. The molecule has 2 fully saturated rings. The molecule has 0 aromatic heterocycles. The van der Waals surface area contributed by atoms with Crippen LogP contribution in [-0.4, -0.2) is 47.0 Å². The molecule has 0 aromatic rings. The van der Waals surface area contributed by atoms with E-state index in [1.807, 2.05) is 12.2 Å². The van der Waals surface area contributed by atoms with Crippen molar-refractivity contribution in [2.45, 2.75) is 70.3 Å². The SMILES string of the molecule is C=C/C(C(N)=O)=C1/N=C(C(=O)CCC2=CC3=C(CCC2)OC2(C)CC32)C=C(C(=O)C[C@H]2CCC(/C=C/C=O)C2C=C)N1C. The molecule has 2 heterocycles. The van der Waals surface area contributed by atoms with Gasteiger partial charge in [-0.25, -0.2) is 4.99 Å². The summed E-state index contributed by atoms with van der Waals surface area (Å²) in [4.78, 5) is 56.5. The number of ether oxygens (including phenoxy) is 1. The monoisotopic (exact) mass is 583 g/mol. The van der Waals surface area contributed by atoms with Gasteiger partial charge in [-0.05, 0) is 80.9 Å². The molecule has 2 saturated carbocycles. The Morgan fingerprint density at radius 2 is 1.98 bits per heavy atom. The second kappa shape index (κ2) is 12.3. The summed E-state index contributed by atoms with van der Waals surface area (Å²) >= 11 is 0. The Morgan fingerprint density at radius 3 is 2.67 bits per heavy atom. The van der Waals surface area contributed by atoms with Crippen molar-refractivity contribution < 1.29 is 23.9 Å². The summed E-state index contributed by atoms with van der Waals surface area (Å²) in [6, 6.07) is 0. The van der Waals surface area contributed by atoms with Crippen molar-refractivity contribution >= 4 is 29.5 Å². The Hall–Kier alpha value is -4.07. The summed E-state index contributed by atoms with van der Waals surface area (Å²) in [7, 11) is 1.64. The third-order valence-corrected chi connectivity index (χ3v) is 9.70. The molecule has 226 valence electrons. The van der Waals surface area contributed by atoms with E-state index in [0.717, 1.165) is 50.6 Å². The number of fused-ring (bicyclic) bond motifs is 2. The number of allylic oxidation sites excluding steroid dienone is 8. The van der Waals surface area contributed by atoms with Crippen LogP contribution < -0.4 is 5.73 Å². The number of likely N-dealkylation sites (N-methyl/N-ethyl adjacent to an activating group) is 1. The number of primary amides is 1. The zero-order valence-electron chi connectivity index (χ0n) is 25.1. The van der Waals surface area contributed by atoms with E-state index in [0.29, 0.717) is 12.3 Å². The van der Waals surface area contributed by atoms with E-state index < -0.39 is 5.91 Å². The number of aliphatic imine (C=N–C) groups is 1. The number of nitrogens with two attached hydrogens (primary N) is 1. The number of rotatable bonds is 12. The summed E-state index contributed by atoms with van der Waals surface area (Å²) in [6.45, 7) is 9.84. The lowest BCUT2D eigenvalue weighted by atomic mass is 9.85. The van der Waals surface area contributed by atoms with Crippen molar-refractivity contribution in [2.24, 2.45) is 34.4 Å². The summed E-state index contributed by atoms with van der Waals surface area (Å²) < 4.78 is 6.20. The Bertz CT molecular complexity index is 1460. The summed E-state index contributed by atoms with van der Waals surface area (Å²) in [5.41, 5.74) is 8.55. The van der Waals surface area contributed by atoms with Gasteiger partial charge in [0.25, 0.3) is 5.91 Å². The van der Waals surface area contributed by atoms with Crippen molar-refractivity contribution in [2.75, 3.05) is 7.05 Å². The van der Waals surface area contributed by atoms with Gasteiger partial charge >= 0.3 is 0 Å². The minimum Gasteiger partial charge on any atom is -0.491 e. The van der Waals surface area contributed by atoms with Gasteiger partial charge in [0, 0.05) is 32.2 Å². The Morgan fingerprint density at radius 1 is 1.19 bits per heavy atom. The maximum Gasteiger partial charge on any atom is 0.252 e. The van der Waals surface area contributed by atoms with Crippen molar-refractivity contribution in [1.82, 2.24) is 4.90 Å². The minimum atomic E-state index is -0.744. The molecule has 5 atom stereocenters. The molecule has 0 aromatic carbocycles. The first-order valence-electron chi connectivity index (χ1n) is 15.2. The highest BCUT2D eigenvalue weighted by Crippen LogP contribution is 2.60. The van der Waals surface area contributed by atoms with Gasteiger partial charge in [0.1, 0.15) is 29.2 Å². The van der Waals surface area contributed by atoms with Crippen molar-refractivity contribution in [1.29, 1.82) is 0 Å². The van der Waals surface area contributed by atoms with Gasteiger partial charge in [-0.2, -0.15) is 0 Å². The number of ketones is 2. The molecule has 0 bridgehead atoms. The van der Waals surface area contributed by atoms with Gasteiger partial charge in [-0.3, -0.25) is 19.2 Å². The number of Topliss-reactive ketones (excluding diaryl/α,β-unsaturated/α-hetero) is 2. The highest BCUT2D eigenvalue weighted by molar-refractivity contribution is 6.45. The van der Waals surface area contributed by atoms with Crippen LogP contribution in [0.4, 0.5) is 0 Å². The first-order chi connectivity index (χ1) is 20.6. The third kappa shape index (κ3) is 6.05. The highest BCUT2D eigenvalue weighted by Gasteiger charge is 2.59. The molecule has 1 amide bonds. The molecule has 2 aliphatic heterocycles. The predicted molar refractivity (Wildman–Crippen MR) is 165 cm³/mol. The fourth-order valence-electron chi connectivity index (χ4n) is 7.19. The van der Waals surface area contributed by atoms with Crippen LogP contribution in [0.2, 0.25) is 0 Å². The van der Waals surface area contributed by atoms with Crippen LogP contribution in [0.3, 0.4) is 0 Å². The number of carbonyl (C=O) groups excluding carboxylic acids is 4. The van der Waals surface area contributed by atoms with E-state index in [4.69, 9.17) is 10.5 Å². The van der Waals surface area contributed by atoms with Crippen molar-refractivity contribution in [3.63, 3.8) is 0 Å². The zero-order valence-corrected chi connectivity index (χ0v) is 25.1. The molecule has 5 aliphatic rings. The average Bonchev–Trinajstić information content (AvgIpc) is 3.46. The number of hydrogen-bond acceptors (Lipinski definition) is 7. The third-order valence-electron chi connectivity index (χ3n) is 9.70. The second-order valence-electron chi connectivity index (χ2n) is 12.5. The summed E-state index contributed by atoms with van der Waals surface area (Å²) in [5.74, 6) is 0.820. The molecule has 4 unspecified atom stereocenters. The zero-order chi connectivity index (χ0) is 30.9. The molecule has 0 saturated heterocycles. The normalized spacial score (nSPS) is 30.7. The first-order valence-corrected chi connectivity index (χ1v) is 15.2. The number of nitrogens with zero attached hydrogens (tertiary/aromatic N) is 2. The standard InChI is InChI=1S/C35H41N3O5/c1-5-24-22(10-8-16-39)13-14-23(24)18-31(41)29-19-28(37-34(38(29)4)25(6-2)33(36)42)30(40)15-12-21-9-7-11-32-26(17-21)27-20-35(27,3)43-32/h5-6,8,10,16-17,19,22-24,27H,1-2,7,9,11-15,18,20H2,3-4H3,(H2,36,42)/b10-8+,34-25+/t22?,23-,24?,27?,35?/m1/s1. The van der Waals surface area contributed by atoms with Gasteiger partial charge in [0.05, 0.1) is 11.3 Å². The van der Waals surface area contributed by atoms with Crippen LogP contribution in [0.25, 0.3) is 0 Å². The lowest BCUT2D eigenvalue weighted by Crippen LogP contribution is -2.33. The first kappa shape index (κ1) is 30.4. The van der Waals surface area contributed by atoms with Crippen LogP contribution in [0.5, 0.6) is 0 Å². The summed E-state index contributed by atoms with van der Waals surface area (Å²) in [6.07, 6.45) is 17.7. The topological polar surface area (TPSA) is 119 Å². The van der Waals surface area contributed by atoms with E-state index in [1.54, 1.807) is 13.1 Å². The molecule has 0 radical (unpaired) electrons. The predicted octanol–water partition coefficient (Wildman–Crippen LogP) is 5.20. The van der Waals surface area contributed by atoms with Crippen LogP contribution in [0, 0.1) is 23.7 Å². The molecule has 0 spiro atoms. The van der Waals surface area contributed by atoms with Crippen LogP contribution >= 0.6 is 0 Å². The van der Waals surface area contributed by atoms with Crippen molar-refractivity contribution in [3.05, 3.63) is 83.6 Å². The average molecular weight is 584 g/mol. The second-order valence-corrected chi connectivity index (χ2v) is 12.5. The van der Waals surface area contributed by atoms with E-state index in [2.05, 4.69) is 31.2 Å². The Labute approximate surface area is 253 Å².